The molecule has 0 aliphatic carbocycles. The molecule has 0 bridgehead atoms. The van der Waals surface area contributed by atoms with Gasteiger partial charge in [0.05, 0.1) is 6.04 Å². The maximum Gasteiger partial charge on any atom is 0.245 e. The number of carbonyl (C=O) groups is 2. The van der Waals surface area contributed by atoms with Crippen molar-refractivity contribution in [1.82, 2.24) is 20.4 Å². The summed E-state index contributed by atoms with van der Waals surface area (Å²) < 4.78 is 5.13. The molecule has 20 heavy (non-hydrogen) atoms. The second kappa shape index (κ2) is 5.22. The topological polar surface area (TPSA) is 88.3 Å². The van der Waals surface area contributed by atoms with E-state index in [4.69, 9.17) is 4.52 Å². The van der Waals surface area contributed by atoms with Gasteiger partial charge in [0.25, 0.3) is 0 Å². The molecule has 2 atom stereocenters. The fourth-order valence-corrected chi connectivity index (χ4v) is 2.85. The third-order valence-corrected chi connectivity index (χ3v) is 3.91. The smallest absolute Gasteiger partial charge is 0.245 e. The van der Waals surface area contributed by atoms with E-state index in [0.29, 0.717) is 37.5 Å². The van der Waals surface area contributed by atoms with Crippen molar-refractivity contribution in [2.45, 2.75) is 51.1 Å². The minimum Gasteiger partial charge on any atom is -0.344 e. The van der Waals surface area contributed by atoms with E-state index in [1.807, 2.05) is 6.92 Å². The molecule has 1 aromatic rings. The summed E-state index contributed by atoms with van der Waals surface area (Å²) in [6, 6.07) is -0.510. The highest BCUT2D eigenvalue weighted by atomic mass is 16.5. The zero-order chi connectivity index (χ0) is 14.1. The molecule has 108 valence electrons. The monoisotopic (exact) mass is 278 g/mol. The van der Waals surface area contributed by atoms with Gasteiger partial charge in [-0.25, -0.2) is 0 Å². The van der Waals surface area contributed by atoms with Crippen LogP contribution in [0, 0.1) is 0 Å². The average molecular weight is 278 g/mol. The quantitative estimate of drug-likeness (QED) is 0.873. The summed E-state index contributed by atoms with van der Waals surface area (Å²) in [5.74, 6) is 1.10. The first-order chi connectivity index (χ1) is 9.69. The number of amides is 2. The lowest BCUT2D eigenvalue weighted by molar-refractivity contribution is -0.135. The second-order valence-corrected chi connectivity index (χ2v) is 5.25. The van der Waals surface area contributed by atoms with Gasteiger partial charge >= 0.3 is 0 Å². The Labute approximate surface area is 116 Å². The largest absolute Gasteiger partial charge is 0.344 e. The van der Waals surface area contributed by atoms with Crippen LogP contribution >= 0.6 is 0 Å². The molecular weight excluding hydrogens is 260 g/mol. The first-order valence-corrected chi connectivity index (χ1v) is 7.11. The molecule has 2 aliphatic rings. The number of nitrogens with zero attached hydrogens (tertiary/aromatic N) is 3. The Kier molecular flexibility index (Phi) is 3.42. The summed E-state index contributed by atoms with van der Waals surface area (Å²) in [6.07, 6.45) is 3.46. The Morgan fingerprint density at radius 3 is 3.00 bits per heavy atom. The molecule has 2 amide bonds. The lowest BCUT2D eigenvalue weighted by Crippen LogP contribution is -2.44. The van der Waals surface area contributed by atoms with Crippen molar-refractivity contribution in [1.29, 1.82) is 0 Å². The molecular formula is C13H18N4O3. The van der Waals surface area contributed by atoms with Gasteiger partial charge in [-0.05, 0) is 19.3 Å². The SMILES string of the molecule is CCc1nc(C2CCCN2C(=O)C2CCC(=O)N2)no1. The predicted molar refractivity (Wildman–Crippen MR) is 68.5 cm³/mol. The Hall–Kier alpha value is -1.92. The first kappa shape index (κ1) is 13.1. The van der Waals surface area contributed by atoms with E-state index in [2.05, 4.69) is 15.5 Å². The van der Waals surface area contributed by atoms with Crippen LogP contribution in [0.3, 0.4) is 0 Å². The zero-order valence-electron chi connectivity index (χ0n) is 11.5. The summed E-state index contributed by atoms with van der Waals surface area (Å²) in [5, 5.41) is 6.70. The van der Waals surface area contributed by atoms with Crippen LogP contribution in [0.2, 0.25) is 0 Å². The molecule has 2 saturated heterocycles. The van der Waals surface area contributed by atoms with Gasteiger partial charge in [0.1, 0.15) is 6.04 Å². The second-order valence-electron chi connectivity index (χ2n) is 5.25. The van der Waals surface area contributed by atoms with Crippen molar-refractivity contribution >= 4 is 11.8 Å². The van der Waals surface area contributed by atoms with Gasteiger partial charge in [0.2, 0.25) is 17.7 Å². The van der Waals surface area contributed by atoms with Crippen molar-refractivity contribution in [2.75, 3.05) is 6.54 Å². The molecule has 1 N–H and O–H groups in total. The summed E-state index contributed by atoms with van der Waals surface area (Å²) in [4.78, 5) is 29.8. The highest BCUT2D eigenvalue weighted by Crippen LogP contribution is 2.31. The van der Waals surface area contributed by atoms with Gasteiger partial charge in [-0.2, -0.15) is 4.98 Å². The molecule has 2 fully saturated rings. The highest BCUT2D eigenvalue weighted by Gasteiger charge is 2.38. The van der Waals surface area contributed by atoms with Crippen molar-refractivity contribution in [3.8, 4) is 0 Å². The van der Waals surface area contributed by atoms with Crippen LogP contribution in [0.5, 0.6) is 0 Å². The molecule has 3 heterocycles. The number of aryl methyl sites for hydroxylation is 1. The fourth-order valence-electron chi connectivity index (χ4n) is 2.85. The van der Waals surface area contributed by atoms with Crippen LogP contribution in [-0.4, -0.2) is 39.4 Å². The molecule has 7 nitrogen and oxygen atoms in total. The Bertz CT molecular complexity index is 527. The molecule has 7 heteroatoms. The maximum atomic E-state index is 12.5. The molecule has 0 saturated carbocycles. The molecule has 2 aliphatic heterocycles. The van der Waals surface area contributed by atoms with Crippen LogP contribution in [0.15, 0.2) is 4.52 Å². The van der Waals surface area contributed by atoms with Gasteiger partial charge < -0.3 is 14.7 Å². The van der Waals surface area contributed by atoms with Gasteiger partial charge in [-0.1, -0.05) is 12.1 Å². The number of aromatic nitrogens is 2. The highest BCUT2D eigenvalue weighted by molar-refractivity contribution is 5.91. The Morgan fingerprint density at radius 2 is 2.35 bits per heavy atom. The zero-order valence-corrected chi connectivity index (χ0v) is 11.5. The van der Waals surface area contributed by atoms with Gasteiger partial charge in [-0.3, -0.25) is 9.59 Å². The minimum absolute atomic E-state index is 0.0267. The predicted octanol–water partition coefficient (Wildman–Crippen LogP) is 0.574. The van der Waals surface area contributed by atoms with Crippen molar-refractivity contribution < 1.29 is 14.1 Å². The van der Waals surface area contributed by atoms with E-state index in [1.54, 1.807) is 4.90 Å². The van der Waals surface area contributed by atoms with E-state index in [9.17, 15) is 9.59 Å². The van der Waals surface area contributed by atoms with E-state index in [0.717, 1.165) is 12.8 Å². The van der Waals surface area contributed by atoms with Gasteiger partial charge in [0, 0.05) is 19.4 Å². The van der Waals surface area contributed by atoms with E-state index >= 15 is 0 Å². The number of carbonyl (C=O) groups excluding carboxylic acids is 2. The average Bonchev–Trinajstić information content (AvgIpc) is 3.17. The maximum absolute atomic E-state index is 12.5. The van der Waals surface area contributed by atoms with Crippen molar-refractivity contribution in [3.05, 3.63) is 11.7 Å². The standard InChI is InChI=1S/C13H18N4O3/c1-2-11-15-12(16-20-11)9-4-3-7-17(9)13(19)8-5-6-10(18)14-8/h8-9H,2-7H2,1H3,(H,14,18). The van der Waals surface area contributed by atoms with Crippen LogP contribution in [0.25, 0.3) is 0 Å². The fraction of sp³-hybridized carbons (Fsp3) is 0.692. The number of likely N-dealkylation sites (tertiary alicyclic amines) is 1. The summed E-state index contributed by atoms with van der Waals surface area (Å²) >= 11 is 0. The lowest BCUT2D eigenvalue weighted by atomic mass is 10.1. The van der Waals surface area contributed by atoms with E-state index < -0.39 is 0 Å². The third-order valence-electron chi connectivity index (χ3n) is 3.91. The number of hydrogen-bond acceptors (Lipinski definition) is 5. The molecule has 1 aromatic heterocycles. The molecule has 2 unspecified atom stereocenters. The minimum atomic E-state index is -0.388. The molecule has 0 spiro atoms. The summed E-state index contributed by atoms with van der Waals surface area (Å²) in [6.45, 7) is 2.63. The van der Waals surface area contributed by atoms with Crippen LogP contribution in [0.1, 0.15) is 50.4 Å². The summed E-state index contributed by atoms with van der Waals surface area (Å²) in [5.41, 5.74) is 0. The van der Waals surface area contributed by atoms with Gasteiger partial charge in [0.15, 0.2) is 5.82 Å². The third kappa shape index (κ3) is 2.28. The van der Waals surface area contributed by atoms with Crippen LogP contribution < -0.4 is 5.32 Å². The van der Waals surface area contributed by atoms with Crippen molar-refractivity contribution in [2.24, 2.45) is 0 Å². The molecule has 0 aromatic carbocycles. The van der Waals surface area contributed by atoms with Crippen LogP contribution in [0.4, 0.5) is 0 Å². The normalized spacial score (nSPS) is 26.1. The Balaban J connectivity index is 1.75. The molecule has 0 radical (unpaired) electrons. The van der Waals surface area contributed by atoms with Crippen molar-refractivity contribution in [3.63, 3.8) is 0 Å². The number of rotatable bonds is 3. The van der Waals surface area contributed by atoms with Gasteiger partial charge in [-0.15, -0.1) is 0 Å². The van der Waals surface area contributed by atoms with E-state index in [1.165, 1.54) is 0 Å². The van der Waals surface area contributed by atoms with Crippen LogP contribution in [-0.2, 0) is 16.0 Å². The first-order valence-electron chi connectivity index (χ1n) is 7.11. The summed E-state index contributed by atoms with van der Waals surface area (Å²) in [7, 11) is 0. The number of nitrogens with one attached hydrogen (secondary N) is 1. The molecule has 3 rings (SSSR count). The Morgan fingerprint density at radius 1 is 1.50 bits per heavy atom. The van der Waals surface area contributed by atoms with E-state index in [-0.39, 0.29) is 23.9 Å². The number of hydrogen-bond donors (Lipinski definition) is 1. The lowest BCUT2D eigenvalue weighted by Gasteiger charge is -2.25.